The van der Waals surface area contributed by atoms with Crippen molar-refractivity contribution < 1.29 is 57.8 Å². The number of amides is 4. The molecule has 0 radical (unpaired) electrons. The zero-order valence-electron chi connectivity index (χ0n) is 37.9. The molecule has 2 aromatic rings. The largest absolute Gasteiger partial charge is 0.493 e. The van der Waals surface area contributed by atoms with Crippen LogP contribution in [0.3, 0.4) is 0 Å². The third-order valence-corrected chi connectivity index (χ3v) is 13.8. The average molecular weight is 929 g/mol. The lowest BCUT2D eigenvalue weighted by Crippen LogP contribution is -2.38. The summed E-state index contributed by atoms with van der Waals surface area (Å²) in [4.78, 5) is 57.2. The normalized spacial score (nSPS) is 18.2. The van der Waals surface area contributed by atoms with E-state index in [0.717, 1.165) is 36.8 Å². The highest BCUT2D eigenvalue weighted by atomic mass is 33.1. The van der Waals surface area contributed by atoms with Crippen molar-refractivity contribution in [1.82, 2.24) is 9.80 Å². The Morgan fingerprint density at radius 2 is 1.22 bits per heavy atom. The fourth-order valence-corrected chi connectivity index (χ4v) is 10.7. The molecule has 2 atom stereocenters. The summed E-state index contributed by atoms with van der Waals surface area (Å²) in [7, 11) is 6.30. The third kappa shape index (κ3) is 13.2. The molecule has 2 saturated heterocycles. The highest BCUT2D eigenvalue weighted by molar-refractivity contribution is 8.77. The summed E-state index contributed by atoms with van der Waals surface area (Å²) in [5.41, 5.74) is 1.48. The van der Waals surface area contributed by atoms with Gasteiger partial charge in [-0.15, -0.1) is 0 Å². The molecule has 18 heteroatoms. The summed E-state index contributed by atoms with van der Waals surface area (Å²) >= 11 is 0. The lowest BCUT2D eigenvalue weighted by Gasteiger charge is -2.27. The number of benzene rings is 2. The second kappa shape index (κ2) is 22.9. The van der Waals surface area contributed by atoms with Crippen molar-refractivity contribution in [3.63, 3.8) is 0 Å². The first-order valence-corrected chi connectivity index (χ1v) is 24.1. The maximum Gasteiger partial charge on any atom is 0.412 e. The smallest absolute Gasteiger partial charge is 0.412 e. The molecule has 64 heavy (non-hydrogen) atoms. The van der Waals surface area contributed by atoms with Crippen molar-refractivity contribution in [2.75, 3.05) is 77.2 Å². The first-order chi connectivity index (χ1) is 30.5. The number of carbonyl (C=O) groups is 4. The van der Waals surface area contributed by atoms with Gasteiger partial charge in [-0.05, 0) is 84.1 Å². The van der Waals surface area contributed by atoms with E-state index in [9.17, 15) is 29.4 Å². The molecule has 2 heterocycles. The van der Waals surface area contributed by atoms with Crippen LogP contribution in [0.4, 0.5) is 21.0 Å². The number of unbranched alkanes of at least 4 members (excludes halogenated alkanes) is 2. The van der Waals surface area contributed by atoms with Crippen molar-refractivity contribution in [2.45, 2.75) is 101 Å². The molecular weight excluding hydrogens is 865 g/mol. The minimum absolute atomic E-state index is 0.141. The van der Waals surface area contributed by atoms with Crippen molar-refractivity contribution in [3.8, 4) is 23.0 Å². The zero-order chi connectivity index (χ0) is 46.6. The van der Waals surface area contributed by atoms with Crippen LogP contribution in [0.5, 0.6) is 23.0 Å². The molecule has 0 unspecified atom stereocenters. The second-order valence-corrected chi connectivity index (χ2v) is 20.1. The summed E-state index contributed by atoms with van der Waals surface area (Å²) in [6, 6.07) is 5.23. The van der Waals surface area contributed by atoms with E-state index in [1.54, 1.807) is 53.3 Å². The van der Waals surface area contributed by atoms with Gasteiger partial charge in [0, 0.05) is 25.2 Å². The van der Waals surface area contributed by atoms with Crippen LogP contribution < -0.4 is 29.6 Å². The molecule has 0 spiro atoms. The molecule has 4 N–H and O–H groups in total. The number of ether oxygens (including phenoxy) is 6. The van der Waals surface area contributed by atoms with Gasteiger partial charge in [0.05, 0.1) is 80.0 Å². The third-order valence-electron chi connectivity index (χ3n) is 11.1. The van der Waals surface area contributed by atoms with Gasteiger partial charge in [0.1, 0.15) is 12.2 Å². The maximum absolute atomic E-state index is 14.0. The molecule has 5 rings (SSSR count). The number of aliphatic hydroxyl groups is 2. The number of hydrogen-bond acceptors (Lipinski definition) is 14. The number of nitrogens with zero attached hydrogens (tertiary/aromatic N) is 2. The van der Waals surface area contributed by atoms with Gasteiger partial charge in [0.15, 0.2) is 23.0 Å². The summed E-state index contributed by atoms with van der Waals surface area (Å²) in [6.45, 7) is 14.0. The first-order valence-electron chi connectivity index (χ1n) is 21.6. The monoisotopic (exact) mass is 928 g/mol. The number of nitrogens with one attached hydrogen (secondary N) is 2. The summed E-state index contributed by atoms with van der Waals surface area (Å²) in [6.07, 6.45) is 7.43. The lowest BCUT2D eigenvalue weighted by atomic mass is 10.1. The van der Waals surface area contributed by atoms with Crippen LogP contribution in [0.2, 0.25) is 0 Å². The molecule has 2 aromatic carbocycles. The Morgan fingerprint density at radius 3 is 1.64 bits per heavy atom. The quantitative estimate of drug-likeness (QED) is 0.0566. The predicted octanol–water partition coefficient (Wildman–Crippen LogP) is 8.08. The number of likely N-dealkylation sites (tertiary alicyclic amines) is 2. The summed E-state index contributed by atoms with van der Waals surface area (Å²) < 4.78 is 34.7. The van der Waals surface area contributed by atoms with Gasteiger partial charge in [0.2, 0.25) is 0 Å². The fourth-order valence-electron chi connectivity index (χ4n) is 8.04. The van der Waals surface area contributed by atoms with Crippen LogP contribution in [-0.4, -0.2) is 133 Å². The van der Waals surface area contributed by atoms with Crippen molar-refractivity contribution in [2.24, 2.45) is 0 Å². The molecule has 3 fully saturated rings. The molecule has 0 aromatic heterocycles. The molecule has 4 amide bonds. The predicted molar refractivity (Wildman–Crippen MR) is 249 cm³/mol. The molecule has 0 bridgehead atoms. The van der Waals surface area contributed by atoms with E-state index in [2.05, 4.69) is 23.8 Å². The molecule has 1 saturated carbocycles. The highest BCUT2D eigenvalue weighted by Gasteiger charge is 2.38. The maximum atomic E-state index is 14.0. The minimum Gasteiger partial charge on any atom is -0.493 e. The Hall–Kier alpha value is -4.78. The van der Waals surface area contributed by atoms with Gasteiger partial charge in [-0.1, -0.05) is 58.7 Å². The fraction of sp³-hybridized carbons (Fsp3) is 0.565. The summed E-state index contributed by atoms with van der Waals surface area (Å²) in [5, 5.41) is 25.5. The van der Waals surface area contributed by atoms with Gasteiger partial charge in [-0.2, -0.15) is 0 Å². The first kappa shape index (κ1) is 50.2. The van der Waals surface area contributed by atoms with Crippen LogP contribution in [0.15, 0.2) is 48.6 Å². The van der Waals surface area contributed by atoms with E-state index in [-0.39, 0.29) is 84.9 Å². The number of rotatable bonds is 20. The number of anilines is 2. The van der Waals surface area contributed by atoms with Crippen molar-refractivity contribution in [3.05, 3.63) is 59.7 Å². The number of aliphatic hydroxyl groups excluding tert-OH is 2. The minimum atomic E-state index is -0.793. The number of carbonyl (C=O) groups excluding carboxylic acids is 4. The van der Waals surface area contributed by atoms with Crippen LogP contribution >= 0.6 is 21.6 Å². The molecule has 352 valence electrons. The van der Waals surface area contributed by atoms with Crippen LogP contribution in [0.1, 0.15) is 99.3 Å². The van der Waals surface area contributed by atoms with E-state index in [1.807, 2.05) is 6.26 Å². The van der Waals surface area contributed by atoms with Gasteiger partial charge in [0.25, 0.3) is 11.8 Å². The Labute approximate surface area is 384 Å². The Bertz CT molecular complexity index is 2020. The van der Waals surface area contributed by atoms with E-state index < -0.39 is 41.7 Å². The van der Waals surface area contributed by atoms with E-state index in [1.165, 1.54) is 37.3 Å². The van der Waals surface area contributed by atoms with Gasteiger partial charge in [-0.25, -0.2) is 9.59 Å². The zero-order valence-corrected chi connectivity index (χ0v) is 39.5. The van der Waals surface area contributed by atoms with E-state index >= 15 is 0 Å². The van der Waals surface area contributed by atoms with Gasteiger partial charge < -0.3 is 48.4 Å². The van der Waals surface area contributed by atoms with Crippen LogP contribution in [0.25, 0.3) is 0 Å². The standard InChI is InChI=1S/C46H64N4O12S2/c1-29-18-31(26-51)49(24-29)41(53)33-20-37(57-6)39(22-35(33)47-43(55)61-28-46(64-63-8)14-10-11-15-46)59-16-12-9-13-17-60-40-23-36(48-44(56)62-45(3,4)5)34(21-38(40)58-7)42(54)50-25-30(2)19-32(50)27-52/h20-23,31-32,51-52H,1-2,9-19,24-28H2,3-8H3,(H,47,55)(H,48,56)/t31-,32-/m0/s1. The SMILES string of the molecule is C=C1C[C@@H](CO)N(C(=O)c2cc(OC)c(OCCCCCOc3cc(NC(=O)OC(C)(C)C)c(C(=O)N4CC(=C)C[C@H]4CO)cc3OC)cc2NC(=O)OCC2(SSC)CCCC2)C1. The second-order valence-electron chi connectivity index (χ2n) is 17.3. The van der Waals surface area contributed by atoms with Crippen LogP contribution in [0, 0.1) is 0 Å². The van der Waals surface area contributed by atoms with E-state index in [0.29, 0.717) is 43.6 Å². The Balaban J connectivity index is 1.25. The van der Waals surface area contributed by atoms with Crippen LogP contribution in [-0.2, 0) is 9.47 Å². The van der Waals surface area contributed by atoms with Gasteiger partial charge >= 0.3 is 12.2 Å². The highest BCUT2D eigenvalue weighted by Crippen LogP contribution is 2.47. The number of hydrogen-bond donors (Lipinski definition) is 4. The summed E-state index contributed by atoms with van der Waals surface area (Å²) in [5.74, 6) is 0.363. The topological polar surface area (TPSA) is 195 Å². The molecular formula is C46H64N4O12S2. The van der Waals surface area contributed by atoms with Crippen molar-refractivity contribution >= 4 is 57.0 Å². The van der Waals surface area contributed by atoms with E-state index in [4.69, 9.17) is 28.4 Å². The van der Waals surface area contributed by atoms with Gasteiger partial charge in [-0.3, -0.25) is 20.2 Å². The average Bonchev–Trinajstić information content (AvgIpc) is 3.99. The molecule has 3 aliphatic rings. The lowest BCUT2D eigenvalue weighted by molar-refractivity contribution is 0.0634. The Kier molecular flexibility index (Phi) is 18.0. The molecule has 1 aliphatic carbocycles. The molecule has 16 nitrogen and oxygen atoms in total. The Morgan fingerprint density at radius 1 is 0.750 bits per heavy atom. The van der Waals surface area contributed by atoms with Crippen molar-refractivity contribution in [1.29, 1.82) is 0 Å². The molecule has 2 aliphatic heterocycles. The number of methoxy groups -OCH3 is 2.